The van der Waals surface area contributed by atoms with Crippen molar-refractivity contribution in [2.24, 2.45) is 0 Å². The highest BCUT2D eigenvalue weighted by atomic mass is 19.1. The van der Waals surface area contributed by atoms with E-state index >= 15 is 0 Å². The van der Waals surface area contributed by atoms with Crippen LogP contribution in [0.3, 0.4) is 0 Å². The molecule has 0 N–H and O–H groups in total. The number of esters is 1. The molecular weight excluding hydrogens is 331 g/mol. The summed E-state index contributed by atoms with van der Waals surface area (Å²) in [6.45, 7) is 2.70. The van der Waals surface area contributed by atoms with E-state index in [9.17, 15) is 14.0 Å². The summed E-state index contributed by atoms with van der Waals surface area (Å²) in [5.41, 5.74) is 1.34. The lowest BCUT2D eigenvalue weighted by Crippen LogP contribution is -2.42. The molecule has 0 spiro atoms. The molecule has 132 valence electrons. The van der Waals surface area contributed by atoms with Gasteiger partial charge in [0.25, 0.3) is 5.91 Å². The van der Waals surface area contributed by atoms with Crippen LogP contribution in [0.1, 0.15) is 38.3 Å². The van der Waals surface area contributed by atoms with E-state index in [0.29, 0.717) is 25.3 Å². The van der Waals surface area contributed by atoms with E-state index in [4.69, 9.17) is 9.26 Å². The van der Waals surface area contributed by atoms with E-state index in [0.717, 1.165) is 5.56 Å². The number of rotatable bonds is 3. The van der Waals surface area contributed by atoms with E-state index in [1.165, 1.54) is 19.2 Å². The van der Waals surface area contributed by atoms with Crippen LogP contribution in [0.5, 0.6) is 0 Å². The first-order valence-electron chi connectivity index (χ1n) is 7.71. The zero-order valence-corrected chi connectivity index (χ0v) is 13.8. The van der Waals surface area contributed by atoms with Gasteiger partial charge in [-0.25, -0.2) is 9.18 Å². The monoisotopic (exact) mass is 348 g/mol. The van der Waals surface area contributed by atoms with Crippen LogP contribution in [0, 0.1) is 12.7 Å². The summed E-state index contributed by atoms with van der Waals surface area (Å²) < 4.78 is 28.5. The fraction of sp³-hybridized carbons (Fsp3) is 0.353. The topological polar surface area (TPSA) is 81.9 Å². The standard InChI is InChI=1S/C17H17FN2O5/c1-10-7-11(3-4-12(10)18)15-9-20(5-6-24-15)16(21)13-8-14(25-19-13)17(22)23-2/h3-4,7-8,15H,5-6,9H2,1-2H3/t15-/m1/s1. The molecule has 1 saturated heterocycles. The van der Waals surface area contributed by atoms with Crippen molar-refractivity contribution in [3.8, 4) is 0 Å². The third-order valence-electron chi connectivity index (χ3n) is 4.02. The first-order valence-corrected chi connectivity index (χ1v) is 7.71. The first-order chi connectivity index (χ1) is 12.0. The van der Waals surface area contributed by atoms with Crippen LogP contribution in [0.4, 0.5) is 4.39 Å². The lowest BCUT2D eigenvalue weighted by Gasteiger charge is -2.32. The van der Waals surface area contributed by atoms with Gasteiger partial charge in [0.1, 0.15) is 11.9 Å². The van der Waals surface area contributed by atoms with Crippen LogP contribution in [-0.2, 0) is 9.47 Å². The van der Waals surface area contributed by atoms with E-state index in [-0.39, 0.29) is 29.3 Å². The van der Waals surface area contributed by atoms with Crippen molar-refractivity contribution >= 4 is 11.9 Å². The highest BCUT2D eigenvalue weighted by Gasteiger charge is 2.29. The highest BCUT2D eigenvalue weighted by molar-refractivity contribution is 5.95. The number of nitrogens with zero attached hydrogens (tertiary/aromatic N) is 2. The van der Waals surface area contributed by atoms with Gasteiger partial charge in [-0.2, -0.15) is 0 Å². The average molecular weight is 348 g/mol. The van der Waals surface area contributed by atoms with Crippen LogP contribution in [0.15, 0.2) is 28.8 Å². The van der Waals surface area contributed by atoms with Crippen molar-refractivity contribution < 1.29 is 28.0 Å². The Hall–Kier alpha value is -2.74. The van der Waals surface area contributed by atoms with Gasteiger partial charge in [0.15, 0.2) is 5.69 Å². The van der Waals surface area contributed by atoms with Gasteiger partial charge >= 0.3 is 5.97 Å². The number of aryl methyl sites for hydroxylation is 1. The minimum Gasteiger partial charge on any atom is -0.463 e. The molecule has 0 radical (unpaired) electrons. The fourth-order valence-electron chi connectivity index (χ4n) is 2.64. The highest BCUT2D eigenvalue weighted by Crippen LogP contribution is 2.25. The zero-order valence-electron chi connectivity index (χ0n) is 13.8. The van der Waals surface area contributed by atoms with Crippen LogP contribution < -0.4 is 0 Å². The maximum Gasteiger partial charge on any atom is 0.376 e. The predicted octanol–water partition coefficient (Wildman–Crippen LogP) is 2.12. The van der Waals surface area contributed by atoms with Crippen LogP contribution in [0.25, 0.3) is 0 Å². The van der Waals surface area contributed by atoms with Crippen LogP contribution in [-0.4, -0.2) is 48.7 Å². The minimum atomic E-state index is -0.701. The molecular formula is C17H17FN2O5. The number of hydrogen-bond acceptors (Lipinski definition) is 6. The Morgan fingerprint density at radius 3 is 2.88 bits per heavy atom. The second kappa shape index (κ2) is 7.02. The van der Waals surface area contributed by atoms with Gasteiger partial charge in [-0.3, -0.25) is 4.79 Å². The Balaban J connectivity index is 1.74. The number of aromatic nitrogens is 1. The third kappa shape index (κ3) is 3.53. The Bertz CT molecular complexity index is 804. The summed E-state index contributed by atoms with van der Waals surface area (Å²) in [6.07, 6.45) is -0.357. The Kier molecular flexibility index (Phi) is 4.80. The molecule has 3 rings (SSSR count). The molecule has 0 aliphatic carbocycles. The molecule has 25 heavy (non-hydrogen) atoms. The van der Waals surface area contributed by atoms with Gasteiger partial charge in [-0.1, -0.05) is 17.3 Å². The van der Waals surface area contributed by atoms with Crippen molar-refractivity contribution in [2.75, 3.05) is 26.8 Å². The molecule has 2 heterocycles. The number of hydrogen-bond donors (Lipinski definition) is 0. The second-order valence-electron chi connectivity index (χ2n) is 5.69. The van der Waals surface area contributed by atoms with Gasteiger partial charge in [0.2, 0.25) is 5.76 Å². The Morgan fingerprint density at radius 2 is 2.16 bits per heavy atom. The van der Waals surface area contributed by atoms with Crippen molar-refractivity contribution in [3.05, 3.63) is 52.7 Å². The number of carbonyl (C=O) groups excluding carboxylic acids is 2. The van der Waals surface area contributed by atoms with Crippen LogP contribution >= 0.6 is 0 Å². The van der Waals surface area contributed by atoms with Gasteiger partial charge in [-0.15, -0.1) is 0 Å². The minimum absolute atomic E-state index is 0.0244. The number of benzene rings is 1. The van der Waals surface area contributed by atoms with E-state index < -0.39 is 5.97 Å². The molecule has 1 atom stereocenters. The second-order valence-corrected chi connectivity index (χ2v) is 5.69. The number of carbonyl (C=O) groups is 2. The SMILES string of the molecule is COC(=O)c1cc(C(=O)N2CCO[C@@H](c3ccc(F)c(C)c3)C2)no1. The molecule has 0 bridgehead atoms. The number of ether oxygens (including phenoxy) is 2. The summed E-state index contributed by atoms with van der Waals surface area (Å²) in [7, 11) is 1.21. The number of methoxy groups -OCH3 is 1. The summed E-state index contributed by atoms with van der Waals surface area (Å²) in [6, 6.07) is 5.99. The van der Waals surface area contributed by atoms with Crippen molar-refractivity contribution in [1.82, 2.24) is 10.1 Å². The summed E-state index contributed by atoms with van der Waals surface area (Å²) >= 11 is 0. The lowest BCUT2D eigenvalue weighted by atomic mass is 10.0. The van der Waals surface area contributed by atoms with Crippen molar-refractivity contribution in [1.29, 1.82) is 0 Å². The molecule has 1 amide bonds. The van der Waals surface area contributed by atoms with Gasteiger partial charge in [-0.05, 0) is 24.1 Å². The molecule has 1 aromatic heterocycles. The fourth-order valence-corrected chi connectivity index (χ4v) is 2.64. The maximum absolute atomic E-state index is 13.4. The quantitative estimate of drug-likeness (QED) is 0.791. The molecule has 1 fully saturated rings. The molecule has 7 nitrogen and oxygen atoms in total. The predicted molar refractivity (Wildman–Crippen MR) is 83.6 cm³/mol. The maximum atomic E-state index is 13.4. The van der Waals surface area contributed by atoms with E-state index in [1.54, 1.807) is 24.0 Å². The normalized spacial score (nSPS) is 17.4. The average Bonchev–Trinajstić information content (AvgIpc) is 3.13. The van der Waals surface area contributed by atoms with E-state index in [1.807, 2.05) is 0 Å². The van der Waals surface area contributed by atoms with Gasteiger partial charge in [0, 0.05) is 12.6 Å². The van der Waals surface area contributed by atoms with Gasteiger partial charge in [0.05, 0.1) is 20.3 Å². The zero-order chi connectivity index (χ0) is 18.0. The summed E-state index contributed by atoms with van der Waals surface area (Å²) in [4.78, 5) is 25.5. The number of morpholine rings is 1. The summed E-state index contributed by atoms with van der Waals surface area (Å²) in [5, 5.41) is 3.63. The van der Waals surface area contributed by atoms with Crippen LogP contribution in [0.2, 0.25) is 0 Å². The number of amides is 1. The third-order valence-corrected chi connectivity index (χ3v) is 4.02. The first kappa shape index (κ1) is 17.1. The summed E-state index contributed by atoms with van der Waals surface area (Å²) in [5.74, 6) is -1.49. The van der Waals surface area contributed by atoms with Crippen molar-refractivity contribution in [3.63, 3.8) is 0 Å². The lowest BCUT2D eigenvalue weighted by molar-refractivity contribution is -0.0231. The largest absolute Gasteiger partial charge is 0.463 e. The molecule has 2 aromatic rings. The molecule has 0 saturated carbocycles. The molecule has 1 aliphatic rings. The molecule has 8 heteroatoms. The van der Waals surface area contributed by atoms with Gasteiger partial charge < -0.3 is 18.9 Å². The Morgan fingerprint density at radius 1 is 1.36 bits per heavy atom. The van der Waals surface area contributed by atoms with Crippen molar-refractivity contribution in [2.45, 2.75) is 13.0 Å². The Labute approximate surface area is 143 Å². The molecule has 1 aliphatic heterocycles. The number of halogens is 1. The molecule has 0 unspecified atom stereocenters. The van der Waals surface area contributed by atoms with E-state index in [2.05, 4.69) is 9.89 Å². The smallest absolute Gasteiger partial charge is 0.376 e. The molecule has 1 aromatic carbocycles.